The minimum absolute atomic E-state index is 0.0121. The Hall–Kier alpha value is -3.36. The van der Waals surface area contributed by atoms with Crippen LogP contribution in [0.1, 0.15) is 77.5 Å². The van der Waals surface area contributed by atoms with Crippen molar-refractivity contribution in [3.05, 3.63) is 42.0 Å². The normalized spacial score (nSPS) is 15.0. The summed E-state index contributed by atoms with van der Waals surface area (Å²) in [5.41, 5.74) is 5.99. The van der Waals surface area contributed by atoms with Gasteiger partial charge in [0.15, 0.2) is 0 Å². The number of nitrogens with zero attached hydrogens (tertiary/aromatic N) is 1. The Morgan fingerprint density at radius 3 is 2.37 bits per heavy atom. The lowest BCUT2D eigenvalue weighted by Crippen LogP contribution is -2.54. The van der Waals surface area contributed by atoms with Crippen molar-refractivity contribution in [1.82, 2.24) is 15.5 Å². The van der Waals surface area contributed by atoms with Crippen molar-refractivity contribution in [1.29, 1.82) is 0 Å². The number of benzene rings is 1. The zero-order chi connectivity index (χ0) is 26.3. The quantitative estimate of drug-likeness (QED) is 0.442. The van der Waals surface area contributed by atoms with Crippen LogP contribution in [0.5, 0.6) is 0 Å². The lowest BCUT2D eigenvalue weighted by Gasteiger charge is -2.35. The molecule has 9 heteroatoms. The van der Waals surface area contributed by atoms with Crippen LogP contribution in [-0.4, -0.2) is 52.4 Å². The van der Waals surface area contributed by atoms with Gasteiger partial charge < -0.3 is 26.0 Å². The fourth-order valence-corrected chi connectivity index (χ4v) is 3.70. The van der Waals surface area contributed by atoms with Crippen LogP contribution in [0.3, 0.4) is 0 Å². The van der Waals surface area contributed by atoms with E-state index in [4.69, 9.17) is 10.5 Å². The van der Waals surface area contributed by atoms with Gasteiger partial charge in [-0.2, -0.15) is 0 Å². The third-order valence-corrected chi connectivity index (χ3v) is 5.28. The standard InChI is InChI=1S/C26H38N4O5/c1-7-17-9-8-10-18(15-17)22(23(32)28-16(2)3)30(19-11-12-19)24(33)20(13-14-21(27)31)29-25(34)35-26(4,5)6/h7-10,15-16,19-20,22H,1,11-14H2,2-6H3,(H2,27,31)(H,28,32)(H,29,34). The second-order valence-electron chi connectivity index (χ2n) is 10.1. The second-order valence-corrected chi connectivity index (χ2v) is 10.1. The number of amides is 4. The molecule has 35 heavy (non-hydrogen) atoms. The van der Waals surface area contributed by atoms with Gasteiger partial charge in [0.05, 0.1) is 0 Å². The maximum absolute atomic E-state index is 13.9. The predicted molar refractivity (Wildman–Crippen MR) is 134 cm³/mol. The first-order chi connectivity index (χ1) is 16.3. The van der Waals surface area contributed by atoms with Gasteiger partial charge in [-0.25, -0.2) is 4.79 Å². The molecule has 1 aromatic rings. The number of rotatable bonds is 11. The van der Waals surface area contributed by atoms with Crippen LogP contribution in [0.4, 0.5) is 4.79 Å². The number of nitrogens with two attached hydrogens (primary N) is 1. The molecule has 1 saturated carbocycles. The number of carbonyl (C=O) groups is 4. The van der Waals surface area contributed by atoms with Gasteiger partial charge in [0.25, 0.3) is 0 Å². The van der Waals surface area contributed by atoms with Crippen LogP contribution in [0.25, 0.3) is 6.08 Å². The molecule has 0 bridgehead atoms. The molecule has 4 N–H and O–H groups in total. The van der Waals surface area contributed by atoms with E-state index in [-0.39, 0.29) is 30.8 Å². The highest BCUT2D eigenvalue weighted by atomic mass is 16.6. The van der Waals surface area contributed by atoms with Crippen molar-refractivity contribution < 1.29 is 23.9 Å². The van der Waals surface area contributed by atoms with Crippen molar-refractivity contribution in [3.8, 4) is 0 Å². The molecular weight excluding hydrogens is 448 g/mol. The Bertz CT molecular complexity index is 949. The highest BCUT2D eigenvalue weighted by Crippen LogP contribution is 2.36. The summed E-state index contributed by atoms with van der Waals surface area (Å²) < 4.78 is 5.33. The van der Waals surface area contributed by atoms with Gasteiger partial charge in [0.1, 0.15) is 17.7 Å². The summed E-state index contributed by atoms with van der Waals surface area (Å²) in [5, 5.41) is 5.51. The zero-order valence-electron chi connectivity index (χ0n) is 21.3. The van der Waals surface area contributed by atoms with E-state index < -0.39 is 35.6 Å². The molecule has 192 valence electrons. The monoisotopic (exact) mass is 486 g/mol. The van der Waals surface area contributed by atoms with E-state index in [2.05, 4.69) is 17.2 Å². The molecule has 1 aromatic carbocycles. The van der Waals surface area contributed by atoms with Crippen LogP contribution in [-0.2, 0) is 19.1 Å². The summed E-state index contributed by atoms with van der Waals surface area (Å²) in [6, 6.07) is 4.95. The van der Waals surface area contributed by atoms with E-state index in [1.54, 1.807) is 39.0 Å². The Kier molecular flexibility index (Phi) is 9.45. The molecule has 0 radical (unpaired) electrons. The molecule has 0 aliphatic heterocycles. The first-order valence-corrected chi connectivity index (χ1v) is 11.9. The topological polar surface area (TPSA) is 131 Å². The SMILES string of the molecule is C=Cc1cccc(C(C(=O)NC(C)C)N(C(=O)C(CCC(N)=O)NC(=O)OC(C)(C)C)C2CC2)c1. The largest absolute Gasteiger partial charge is 0.444 e. The van der Waals surface area contributed by atoms with Crippen LogP contribution in [0.15, 0.2) is 30.8 Å². The average Bonchev–Trinajstić information content (AvgIpc) is 3.57. The molecule has 1 fully saturated rings. The summed E-state index contributed by atoms with van der Waals surface area (Å²) in [7, 11) is 0. The van der Waals surface area contributed by atoms with Crippen LogP contribution in [0.2, 0.25) is 0 Å². The maximum atomic E-state index is 13.9. The third kappa shape index (κ3) is 8.73. The number of nitrogens with one attached hydrogen (secondary N) is 2. The van der Waals surface area contributed by atoms with Crippen molar-refractivity contribution in [2.75, 3.05) is 0 Å². The Morgan fingerprint density at radius 1 is 1.20 bits per heavy atom. The second kappa shape index (κ2) is 11.9. The van der Waals surface area contributed by atoms with Gasteiger partial charge in [0, 0.05) is 18.5 Å². The number of primary amides is 1. The number of hydrogen-bond acceptors (Lipinski definition) is 5. The van der Waals surface area contributed by atoms with E-state index in [1.165, 1.54) is 4.90 Å². The third-order valence-electron chi connectivity index (χ3n) is 5.28. The van der Waals surface area contributed by atoms with Gasteiger partial charge in [-0.1, -0.05) is 30.9 Å². The summed E-state index contributed by atoms with van der Waals surface area (Å²) >= 11 is 0. The molecule has 0 aromatic heterocycles. The highest BCUT2D eigenvalue weighted by molar-refractivity contribution is 5.93. The summed E-state index contributed by atoms with van der Waals surface area (Å²) in [5.74, 6) is -1.39. The van der Waals surface area contributed by atoms with E-state index in [0.717, 1.165) is 18.4 Å². The Balaban J connectivity index is 2.47. The average molecular weight is 487 g/mol. The molecule has 0 saturated heterocycles. The number of ether oxygens (including phenoxy) is 1. The highest BCUT2D eigenvalue weighted by Gasteiger charge is 2.44. The molecule has 0 heterocycles. The smallest absolute Gasteiger partial charge is 0.408 e. The summed E-state index contributed by atoms with van der Waals surface area (Å²) in [4.78, 5) is 52.9. The molecule has 2 unspecified atom stereocenters. The zero-order valence-corrected chi connectivity index (χ0v) is 21.3. The number of carbonyl (C=O) groups excluding carboxylic acids is 4. The van der Waals surface area contributed by atoms with E-state index in [9.17, 15) is 19.2 Å². The van der Waals surface area contributed by atoms with Gasteiger partial charge in [-0.3, -0.25) is 14.4 Å². The maximum Gasteiger partial charge on any atom is 0.408 e. The van der Waals surface area contributed by atoms with Crippen molar-refractivity contribution in [2.24, 2.45) is 5.73 Å². The van der Waals surface area contributed by atoms with Crippen molar-refractivity contribution >= 4 is 29.9 Å². The minimum atomic E-state index is -1.09. The van der Waals surface area contributed by atoms with Gasteiger partial charge in [-0.05, 0) is 71.1 Å². The lowest BCUT2D eigenvalue weighted by atomic mass is 9.99. The molecular formula is C26H38N4O5. The first kappa shape index (κ1) is 27.9. The molecule has 9 nitrogen and oxygen atoms in total. The predicted octanol–water partition coefficient (Wildman–Crippen LogP) is 3.05. The van der Waals surface area contributed by atoms with Crippen molar-refractivity contribution in [2.45, 2.75) is 90.1 Å². The van der Waals surface area contributed by atoms with E-state index >= 15 is 0 Å². The molecule has 1 aliphatic carbocycles. The van der Waals surface area contributed by atoms with Crippen molar-refractivity contribution in [3.63, 3.8) is 0 Å². The molecule has 2 atom stereocenters. The fourth-order valence-electron chi connectivity index (χ4n) is 3.70. The minimum Gasteiger partial charge on any atom is -0.444 e. The molecule has 1 aliphatic rings. The summed E-state index contributed by atoms with van der Waals surface area (Å²) in [6.07, 6.45) is 2.22. The van der Waals surface area contributed by atoms with E-state index in [1.807, 2.05) is 26.0 Å². The van der Waals surface area contributed by atoms with Gasteiger partial charge >= 0.3 is 6.09 Å². The lowest BCUT2D eigenvalue weighted by molar-refractivity contribution is -0.143. The van der Waals surface area contributed by atoms with Gasteiger partial charge in [0.2, 0.25) is 17.7 Å². The number of alkyl carbamates (subject to hydrolysis) is 1. The van der Waals surface area contributed by atoms with Crippen LogP contribution < -0.4 is 16.4 Å². The Labute approximate surface area is 207 Å². The van der Waals surface area contributed by atoms with E-state index in [0.29, 0.717) is 5.56 Å². The Morgan fingerprint density at radius 2 is 1.86 bits per heavy atom. The molecule has 2 rings (SSSR count). The van der Waals surface area contributed by atoms with Crippen LogP contribution >= 0.6 is 0 Å². The van der Waals surface area contributed by atoms with Crippen LogP contribution in [0, 0.1) is 0 Å². The molecule has 4 amide bonds. The molecule has 0 spiro atoms. The fraction of sp³-hybridized carbons (Fsp3) is 0.538. The number of hydrogen-bond donors (Lipinski definition) is 3. The first-order valence-electron chi connectivity index (χ1n) is 11.9. The summed E-state index contributed by atoms with van der Waals surface area (Å²) in [6.45, 7) is 12.6. The van der Waals surface area contributed by atoms with Gasteiger partial charge in [-0.15, -0.1) is 0 Å².